The number of carbonyl (C=O) groups excluding carboxylic acids is 1. The normalized spacial score (nSPS) is 24.1. The standard InChI is InChI=1S/C27H36N8O/c1-4-34-18(2)15-33(16-19(34)3)21-8-9-23(28-14-21)31-26-29-13-20-12-22-25(36)30-17-27(10-6-5-7-11-27)35(22)24(20)32-26/h8-9,12-14,18-19H,4-7,10-11,15-17H2,1-3H3,(H,30,36)(H,28,29,31,32)/t18-,19+. The van der Waals surface area contributed by atoms with Gasteiger partial charge in [-0.15, -0.1) is 0 Å². The molecule has 1 saturated heterocycles. The lowest BCUT2D eigenvalue weighted by atomic mass is 9.80. The summed E-state index contributed by atoms with van der Waals surface area (Å²) in [5, 5.41) is 7.30. The predicted molar refractivity (Wildman–Crippen MR) is 142 cm³/mol. The van der Waals surface area contributed by atoms with Crippen molar-refractivity contribution >= 4 is 34.4 Å². The fourth-order valence-corrected chi connectivity index (χ4v) is 6.67. The number of pyridine rings is 1. The lowest BCUT2D eigenvalue weighted by Gasteiger charge is -2.44. The van der Waals surface area contributed by atoms with Crippen LogP contribution < -0.4 is 15.5 Å². The second-order valence-electron chi connectivity index (χ2n) is 10.8. The van der Waals surface area contributed by atoms with Gasteiger partial charge in [0.25, 0.3) is 5.91 Å². The van der Waals surface area contributed by atoms with Gasteiger partial charge in [0, 0.05) is 43.3 Å². The van der Waals surface area contributed by atoms with Crippen LogP contribution in [-0.4, -0.2) is 68.6 Å². The Morgan fingerprint density at radius 2 is 1.86 bits per heavy atom. The average Bonchev–Trinajstić information content (AvgIpc) is 3.28. The van der Waals surface area contributed by atoms with Gasteiger partial charge in [0.15, 0.2) is 0 Å². The van der Waals surface area contributed by atoms with Crippen LogP contribution in [0.15, 0.2) is 30.6 Å². The quantitative estimate of drug-likeness (QED) is 0.576. The molecule has 190 valence electrons. The SMILES string of the molecule is CCN1[C@H](C)CN(c2ccc(Nc3ncc4cc5n(c4n3)C3(CCCCC3)CNC5=O)nc2)C[C@@H]1C. The van der Waals surface area contributed by atoms with Gasteiger partial charge in [-0.2, -0.15) is 4.98 Å². The van der Waals surface area contributed by atoms with E-state index in [-0.39, 0.29) is 11.4 Å². The molecule has 2 N–H and O–H groups in total. The van der Waals surface area contributed by atoms with Gasteiger partial charge in [-0.05, 0) is 51.4 Å². The molecule has 2 aliphatic heterocycles. The van der Waals surface area contributed by atoms with Gasteiger partial charge < -0.3 is 20.1 Å². The molecule has 2 fully saturated rings. The van der Waals surface area contributed by atoms with Crippen molar-refractivity contribution in [1.29, 1.82) is 0 Å². The molecule has 0 unspecified atom stereocenters. The molecule has 1 amide bonds. The van der Waals surface area contributed by atoms with Gasteiger partial charge in [0.2, 0.25) is 5.95 Å². The molecule has 0 radical (unpaired) electrons. The smallest absolute Gasteiger partial charge is 0.268 e. The summed E-state index contributed by atoms with van der Waals surface area (Å²) in [4.78, 5) is 31.7. The third-order valence-corrected chi connectivity index (χ3v) is 8.43. The zero-order valence-electron chi connectivity index (χ0n) is 21.5. The van der Waals surface area contributed by atoms with Crippen molar-refractivity contribution in [2.75, 3.05) is 36.4 Å². The zero-order valence-corrected chi connectivity index (χ0v) is 21.5. The highest BCUT2D eigenvalue weighted by Gasteiger charge is 2.41. The highest BCUT2D eigenvalue weighted by molar-refractivity contribution is 5.99. The van der Waals surface area contributed by atoms with Crippen LogP contribution >= 0.6 is 0 Å². The van der Waals surface area contributed by atoms with Crippen molar-refractivity contribution in [3.8, 4) is 0 Å². The number of aromatic nitrogens is 4. The molecule has 36 heavy (non-hydrogen) atoms. The van der Waals surface area contributed by atoms with Crippen molar-refractivity contribution in [1.82, 2.24) is 29.7 Å². The van der Waals surface area contributed by atoms with Gasteiger partial charge in [0.05, 0.1) is 17.4 Å². The van der Waals surface area contributed by atoms with Crippen molar-refractivity contribution in [3.05, 3.63) is 36.3 Å². The maximum atomic E-state index is 12.7. The molecule has 5 heterocycles. The van der Waals surface area contributed by atoms with E-state index in [9.17, 15) is 4.79 Å². The van der Waals surface area contributed by atoms with Gasteiger partial charge in [-0.1, -0.05) is 26.2 Å². The molecule has 9 nitrogen and oxygen atoms in total. The summed E-state index contributed by atoms with van der Waals surface area (Å²) >= 11 is 0. The Kier molecular flexibility index (Phi) is 5.82. The number of amides is 1. The number of hydrogen-bond acceptors (Lipinski definition) is 7. The Balaban J connectivity index is 1.25. The first-order valence-electron chi connectivity index (χ1n) is 13.4. The van der Waals surface area contributed by atoms with Crippen molar-refractivity contribution < 1.29 is 4.79 Å². The van der Waals surface area contributed by atoms with E-state index in [0.717, 1.165) is 49.2 Å². The summed E-state index contributed by atoms with van der Waals surface area (Å²) in [5.74, 6) is 1.18. The number of nitrogens with one attached hydrogen (secondary N) is 2. The van der Waals surface area contributed by atoms with E-state index in [4.69, 9.17) is 4.98 Å². The Morgan fingerprint density at radius 1 is 1.08 bits per heavy atom. The van der Waals surface area contributed by atoms with E-state index >= 15 is 0 Å². The van der Waals surface area contributed by atoms with E-state index in [1.165, 1.54) is 19.3 Å². The molecule has 9 heteroatoms. The maximum absolute atomic E-state index is 12.7. The Morgan fingerprint density at radius 3 is 2.56 bits per heavy atom. The van der Waals surface area contributed by atoms with Crippen LogP contribution in [0.25, 0.3) is 11.0 Å². The molecule has 6 rings (SSSR count). The summed E-state index contributed by atoms with van der Waals surface area (Å²) in [7, 11) is 0. The molecule has 1 aliphatic carbocycles. The summed E-state index contributed by atoms with van der Waals surface area (Å²) < 4.78 is 2.20. The molecule has 3 aromatic heterocycles. The van der Waals surface area contributed by atoms with Crippen LogP contribution in [0.4, 0.5) is 17.5 Å². The first-order chi connectivity index (χ1) is 17.5. The minimum atomic E-state index is -0.0924. The predicted octanol–water partition coefficient (Wildman–Crippen LogP) is 3.89. The van der Waals surface area contributed by atoms with Crippen molar-refractivity contribution in [2.24, 2.45) is 0 Å². The topological polar surface area (TPSA) is 91.2 Å². The van der Waals surface area contributed by atoms with Crippen LogP contribution in [0.1, 0.15) is 63.4 Å². The molecule has 1 saturated carbocycles. The molecule has 2 atom stereocenters. The monoisotopic (exact) mass is 488 g/mol. The van der Waals surface area contributed by atoms with Crippen LogP contribution in [0, 0.1) is 0 Å². The Labute approximate surface area is 212 Å². The average molecular weight is 489 g/mol. The van der Waals surface area contributed by atoms with Crippen molar-refractivity contribution in [3.63, 3.8) is 0 Å². The second-order valence-corrected chi connectivity index (χ2v) is 10.8. The maximum Gasteiger partial charge on any atom is 0.268 e. The third-order valence-electron chi connectivity index (χ3n) is 8.43. The second kappa shape index (κ2) is 9.03. The van der Waals surface area contributed by atoms with E-state index in [2.05, 4.69) is 61.8 Å². The lowest BCUT2D eigenvalue weighted by Crippen LogP contribution is -2.56. The summed E-state index contributed by atoms with van der Waals surface area (Å²) in [6, 6.07) is 7.07. The minimum Gasteiger partial charge on any atom is -0.367 e. The van der Waals surface area contributed by atoms with E-state index in [0.29, 0.717) is 36.1 Å². The fraction of sp³-hybridized carbons (Fsp3) is 0.556. The number of rotatable bonds is 4. The summed E-state index contributed by atoms with van der Waals surface area (Å²) in [5.41, 5.74) is 2.56. The molecule has 0 aromatic carbocycles. The largest absolute Gasteiger partial charge is 0.367 e. The molecular weight excluding hydrogens is 452 g/mol. The van der Waals surface area contributed by atoms with E-state index < -0.39 is 0 Å². The zero-order chi connectivity index (χ0) is 24.9. The highest BCUT2D eigenvalue weighted by Crippen LogP contribution is 2.40. The number of likely N-dealkylation sites (N-methyl/N-ethyl adjacent to an activating group) is 1. The van der Waals surface area contributed by atoms with Crippen LogP contribution in [-0.2, 0) is 5.54 Å². The fourth-order valence-electron chi connectivity index (χ4n) is 6.67. The third kappa shape index (κ3) is 3.89. The van der Waals surface area contributed by atoms with Crippen LogP contribution in [0.3, 0.4) is 0 Å². The lowest BCUT2D eigenvalue weighted by molar-refractivity contribution is 0.0833. The van der Waals surface area contributed by atoms with Gasteiger partial charge in [-0.25, -0.2) is 9.97 Å². The molecular formula is C27H36N8O. The Bertz CT molecular complexity index is 1250. The first kappa shape index (κ1) is 23.2. The number of carbonyl (C=O) groups is 1. The number of hydrogen-bond donors (Lipinski definition) is 2. The first-order valence-corrected chi connectivity index (χ1v) is 13.4. The summed E-state index contributed by atoms with van der Waals surface area (Å²) in [6.07, 6.45) is 9.46. The molecule has 1 spiro atoms. The Hall–Kier alpha value is -3.20. The number of anilines is 3. The molecule has 3 aliphatic rings. The minimum absolute atomic E-state index is 0.0284. The van der Waals surface area contributed by atoms with E-state index in [1.807, 2.05) is 24.5 Å². The number of fused-ring (bicyclic) bond motifs is 4. The number of nitrogens with zero attached hydrogens (tertiary/aromatic N) is 6. The van der Waals surface area contributed by atoms with Crippen LogP contribution in [0.5, 0.6) is 0 Å². The van der Waals surface area contributed by atoms with Gasteiger partial charge in [0.1, 0.15) is 17.2 Å². The van der Waals surface area contributed by atoms with Crippen LogP contribution in [0.2, 0.25) is 0 Å². The van der Waals surface area contributed by atoms with Gasteiger partial charge >= 0.3 is 0 Å². The molecule has 3 aromatic rings. The van der Waals surface area contributed by atoms with Gasteiger partial charge in [-0.3, -0.25) is 9.69 Å². The number of piperazine rings is 1. The molecule has 0 bridgehead atoms. The van der Waals surface area contributed by atoms with E-state index in [1.54, 1.807) is 0 Å². The van der Waals surface area contributed by atoms with Crippen molar-refractivity contribution in [2.45, 2.75) is 70.5 Å². The highest BCUT2D eigenvalue weighted by atomic mass is 16.2. The summed E-state index contributed by atoms with van der Waals surface area (Å²) in [6.45, 7) is 10.6.